The van der Waals surface area contributed by atoms with Gasteiger partial charge in [-0.25, -0.2) is 13.8 Å². The van der Waals surface area contributed by atoms with Gasteiger partial charge in [-0.05, 0) is 36.6 Å². The summed E-state index contributed by atoms with van der Waals surface area (Å²) in [4.78, 5) is 19.4. The molecule has 0 radical (unpaired) electrons. The summed E-state index contributed by atoms with van der Waals surface area (Å²) in [6.45, 7) is 6.41. The topological polar surface area (TPSA) is 78.1 Å². The molecule has 1 aliphatic rings. The molecule has 0 N–H and O–H groups in total. The van der Waals surface area contributed by atoms with Gasteiger partial charge in [-0.2, -0.15) is 10.2 Å². The first-order chi connectivity index (χ1) is 20.7. The molecule has 2 aromatic carbocycles. The van der Waals surface area contributed by atoms with Gasteiger partial charge in [-0.3, -0.25) is 14.2 Å². The first-order valence-electron chi connectivity index (χ1n) is 13.6. The molecule has 6 aromatic rings. The Balaban J connectivity index is 1.51. The number of carbonyl (C=O) groups excluding carboxylic acids is 1. The van der Waals surface area contributed by atoms with Crippen molar-refractivity contribution in [3.8, 4) is 39.5 Å². The molecule has 1 atom stereocenters. The molecule has 43 heavy (non-hydrogen) atoms. The van der Waals surface area contributed by atoms with Crippen molar-refractivity contribution in [1.29, 1.82) is 0 Å². The van der Waals surface area contributed by atoms with E-state index in [0.29, 0.717) is 35.7 Å². The van der Waals surface area contributed by atoms with Crippen molar-refractivity contribution in [2.24, 2.45) is 7.05 Å². The summed E-state index contributed by atoms with van der Waals surface area (Å²) in [6, 6.07) is 11.7. The van der Waals surface area contributed by atoms with Crippen molar-refractivity contribution in [3.63, 3.8) is 0 Å². The molecule has 4 aromatic heterocycles. The number of aromatic nitrogens is 5. The maximum Gasteiger partial charge on any atom is 0.246 e. The number of benzene rings is 2. The lowest BCUT2D eigenvalue weighted by Gasteiger charge is -2.33. The summed E-state index contributed by atoms with van der Waals surface area (Å²) in [6.07, 6.45) is 3.25. The van der Waals surface area contributed by atoms with Gasteiger partial charge in [0.15, 0.2) is 0 Å². The lowest BCUT2D eigenvalue weighted by Crippen LogP contribution is -2.44. The number of thiophene rings is 1. The molecule has 5 heterocycles. The van der Waals surface area contributed by atoms with Crippen LogP contribution in [0.3, 0.4) is 0 Å². The summed E-state index contributed by atoms with van der Waals surface area (Å²) in [5.41, 5.74) is 4.65. The molecule has 0 saturated heterocycles. The molecule has 0 spiro atoms. The van der Waals surface area contributed by atoms with Crippen LogP contribution in [-0.4, -0.2) is 48.5 Å². The van der Waals surface area contributed by atoms with E-state index in [2.05, 4.69) is 11.7 Å². The van der Waals surface area contributed by atoms with Crippen LogP contribution in [0.4, 0.5) is 8.78 Å². The van der Waals surface area contributed by atoms with Gasteiger partial charge in [0.2, 0.25) is 5.91 Å². The Morgan fingerprint density at radius 2 is 1.95 bits per heavy atom. The second-order valence-corrected chi connectivity index (χ2v) is 11.5. The molecule has 0 bridgehead atoms. The van der Waals surface area contributed by atoms with Crippen molar-refractivity contribution in [2.45, 2.75) is 26.1 Å². The van der Waals surface area contributed by atoms with E-state index < -0.39 is 11.6 Å². The Morgan fingerprint density at radius 1 is 1.12 bits per heavy atom. The summed E-state index contributed by atoms with van der Waals surface area (Å²) in [5, 5.41) is 13.2. The fourth-order valence-electron chi connectivity index (χ4n) is 5.85. The average Bonchev–Trinajstić information content (AvgIpc) is 3.72. The molecule has 7 rings (SSSR count). The Labute approximate surface area is 249 Å². The first kappa shape index (κ1) is 27.0. The van der Waals surface area contributed by atoms with Gasteiger partial charge in [-0.15, -0.1) is 11.3 Å². The van der Waals surface area contributed by atoms with E-state index in [1.807, 2.05) is 60.6 Å². The molecule has 11 heteroatoms. The highest BCUT2D eigenvalue weighted by atomic mass is 32.1. The van der Waals surface area contributed by atoms with Crippen LogP contribution < -0.4 is 4.74 Å². The second kappa shape index (κ2) is 10.1. The third-order valence-corrected chi connectivity index (χ3v) is 8.79. The highest BCUT2D eigenvalue weighted by molar-refractivity contribution is 7.18. The van der Waals surface area contributed by atoms with Crippen molar-refractivity contribution in [1.82, 2.24) is 29.4 Å². The van der Waals surface area contributed by atoms with Crippen molar-refractivity contribution < 1.29 is 18.3 Å². The third kappa shape index (κ3) is 4.38. The molecule has 0 aliphatic carbocycles. The fourth-order valence-corrected chi connectivity index (χ4v) is 6.80. The Bertz CT molecular complexity index is 2090. The highest BCUT2D eigenvalue weighted by Crippen LogP contribution is 2.47. The highest BCUT2D eigenvalue weighted by Gasteiger charge is 2.30. The van der Waals surface area contributed by atoms with Crippen molar-refractivity contribution in [3.05, 3.63) is 84.0 Å². The summed E-state index contributed by atoms with van der Waals surface area (Å²) in [7, 11) is 3.26. The van der Waals surface area contributed by atoms with Gasteiger partial charge in [0.25, 0.3) is 0 Å². The Kier molecular flexibility index (Phi) is 6.35. The van der Waals surface area contributed by atoms with Crippen LogP contribution in [0.2, 0.25) is 0 Å². The van der Waals surface area contributed by atoms with E-state index >= 15 is 4.39 Å². The van der Waals surface area contributed by atoms with Crippen LogP contribution in [0.15, 0.2) is 66.7 Å². The van der Waals surface area contributed by atoms with E-state index in [1.165, 1.54) is 30.6 Å². The first-order valence-corrected chi connectivity index (χ1v) is 14.5. The van der Waals surface area contributed by atoms with Gasteiger partial charge < -0.3 is 9.64 Å². The SMILES string of the molecule is C=CC(=O)N1Cc2cc(-c3nc(-c4ccc5cn(C)nc5c4)c4ccsc4c3-c3c(F)cc(F)cc3OC)nn2C[C@H]1C. The minimum absolute atomic E-state index is 0.0539. The number of amides is 1. The van der Waals surface area contributed by atoms with Gasteiger partial charge in [0.1, 0.15) is 28.8 Å². The minimum Gasteiger partial charge on any atom is -0.496 e. The molecule has 1 amide bonds. The lowest BCUT2D eigenvalue weighted by atomic mass is 9.96. The molecular formula is C32H26F2N6O2S. The second-order valence-electron chi connectivity index (χ2n) is 10.6. The number of hydrogen-bond acceptors (Lipinski definition) is 6. The van der Waals surface area contributed by atoms with Gasteiger partial charge in [0.05, 0.1) is 42.7 Å². The number of ether oxygens (including phenoxy) is 1. The molecule has 8 nitrogen and oxygen atoms in total. The van der Waals surface area contributed by atoms with E-state index in [0.717, 1.165) is 38.3 Å². The molecule has 0 unspecified atom stereocenters. The summed E-state index contributed by atoms with van der Waals surface area (Å²) >= 11 is 1.43. The number of rotatable bonds is 5. The monoisotopic (exact) mass is 596 g/mol. The van der Waals surface area contributed by atoms with Crippen LogP contribution in [0.5, 0.6) is 5.75 Å². The predicted octanol–water partition coefficient (Wildman–Crippen LogP) is 6.58. The number of aryl methyl sites for hydroxylation is 1. The van der Waals surface area contributed by atoms with Crippen LogP contribution in [0.1, 0.15) is 12.6 Å². The lowest BCUT2D eigenvalue weighted by molar-refractivity contribution is -0.129. The van der Waals surface area contributed by atoms with Crippen LogP contribution >= 0.6 is 11.3 Å². The largest absolute Gasteiger partial charge is 0.496 e. The van der Waals surface area contributed by atoms with Gasteiger partial charge >= 0.3 is 0 Å². The number of fused-ring (bicyclic) bond motifs is 3. The number of pyridine rings is 1. The van der Waals surface area contributed by atoms with Gasteiger partial charge in [-0.1, -0.05) is 18.7 Å². The van der Waals surface area contributed by atoms with E-state index in [9.17, 15) is 9.18 Å². The van der Waals surface area contributed by atoms with E-state index in [4.69, 9.17) is 14.8 Å². The zero-order chi connectivity index (χ0) is 30.0. The number of methoxy groups -OCH3 is 1. The normalized spacial score (nSPS) is 14.8. The molecule has 0 saturated carbocycles. The van der Waals surface area contributed by atoms with Crippen LogP contribution in [0.25, 0.3) is 54.8 Å². The Hall–Kier alpha value is -4.90. The number of nitrogens with zero attached hydrogens (tertiary/aromatic N) is 6. The predicted molar refractivity (Wildman–Crippen MR) is 163 cm³/mol. The van der Waals surface area contributed by atoms with Gasteiger partial charge in [0, 0.05) is 58.0 Å². The maximum atomic E-state index is 15.7. The summed E-state index contributed by atoms with van der Waals surface area (Å²) in [5.74, 6) is -1.62. The maximum absolute atomic E-state index is 15.7. The van der Waals surface area contributed by atoms with E-state index in [-0.39, 0.29) is 23.3 Å². The molecular weight excluding hydrogens is 570 g/mol. The third-order valence-electron chi connectivity index (χ3n) is 7.86. The van der Waals surface area contributed by atoms with Crippen molar-refractivity contribution >= 4 is 38.2 Å². The quantitative estimate of drug-likeness (QED) is 0.210. The average molecular weight is 597 g/mol. The fraction of sp³-hybridized carbons (Fsp3) is 0.188. The standard InChI is InChI=1S/C32H26F2N6O2S/c1-5-27(41)39-16-21-13-25(37-40(21)14-17(39)2)31-29(28-23(34)11-20(33)12-26(28)42-4)32-22(8-9-43-32)30(35-31)18-6-7-19-15-38(3)36-24(19)10-18/h5-13,15,17H,1,14,16H2,2-4H3/t17-/m1/s1. The van der Waals surface area contributed by atoms with E-state index in [1.54, 1.807) is 9.58 Å². The number of carbonyl (C=O) groups is 1. The van der Waals surface area contributed by atoms with Crippen LogP contribution in [0, 0.1) is 11.6 Å². The minimum atomic E-state index is -0.766. The number of hydrogen-bond donors (Lipinski definition) is 0. The molecule has 216 valence electrons. The zero-order valence-corrected chi connectivity index (χ0v) is 24.5. The molecule has 0 fully saturated rings. The Morgan fingerprint density at radius 3 is 2.74 bits per heavy atom. The van der Waals surface area contributed by atoms with Crippen LogP contribution in [-0.2, 0) is 24.9 Å². The number of halogens is 2. The molecule has 1 aliphatic heterocycles. The van der Waals surface area contributed by atoms with Crippen molar-refractivity contribution in [2.75, 3.05) is 7.11 Å². The summed E-state index contributed by atoms with van der Waals surface area (Å²) < 4.78 is 39.9. The smallest absolute Gasteiger partial charge is 0.246 e. The zero-order valence-electron chi connectivity index (χ0n) is 23.6.